The number of nitrogens with one attached hydrogen (secondary N) is 1. The van der Waals surface area contributed by atoms with Gasteiger partial charge < -0.3 is 14.8 Å². The molecule has 2 atom stereocenters. The SMILES string of the molecule is CCC=CCC=CCC=CCC=CCC=CCCCCOC(CC)C(=O)N[C@@H](CC(C)C)C(=O)OCC. The fourth-order valence-corrected chi connectivity index (χ4v) is 3.53. The third-order valence-corrected chi connectivity index (χ3v) is 5.50. The van der Waals surface area contributed by atoms with Crippen LogP contribution in [0.15, 0.2) is 60.8 Å². The molecular weight excluding hydrogens is 462 g/mol. The predicted octanol–water partition coefficient (Wildman–Crippen LogP) is 7.80. The van der Waals surface area contributed by atoms with Crippen LogP contribution in [0.25, 0.3) is 0 Å². The van der Waals surface area contributed by atoms with Crippen LogP contribution >= 0.6 is 0 Å². The minimum absolute atomic E-state index is 0.237. The molecule has 0 aliphatic carbocycles. The average Bonchev–Trinajstić information content (AvgIpc) is 2.87. The van der Waals surface area contributed by atoms with E-state index >= 15 is 0 Å². The van der Waals surface area contributed by atoms with E-state index < -0.39 is 12.1 Å². The second-order valence-electron chi connectivity index (χ2n) is 9.41. The highest BCUT2D eigenvalue weighted by Crippen LogP contribution is 2.09. The van der Waals surface area contributed by atoms with Gasteiger partial charge in [-0.3, -0.25) is 4.79 Å². The molecule has 0 aromatic heterocycles. The van der Waals surface area contributed by atoms with E-state index in [9.17, 15) is 9.59 Å². The van der Waals surface area contributed by atoms with Crippen molar-refractivity contribution in [2.24, 2.45) is 5.92 Å². The highest BCUT2D eigenvalue weighted by Gasteiger charge is 2.26. The first-order valence-electron chi connectivity index (χ1n) is 14.3. The lowest BCUT2D eigenvalue weighted by Gasteiger charge is -2.22. The smallest absolute Gasteiger partial charge is 0.328 e. The van der Waals surface area contributed by atoms with E-state index in [1.54, 1.807) is 6.92 Å². The number of unbranched alkanes of at least 4 members (excludes halogenated alkanes) is 2. The maximum Gasteiger partial charge on any atom is 0.328 e. The molecule has 0 radical (unpaired) electrons. The van der Waals surface area contributed by atoms with Crippen molar-refractivity contribution in [3.63, 3.8) is 0 Å². The van der Waals surface area contributed by atoms with Gasteiger partial charge in [-0.05, 0) is 77.0 Å². The molecule has 0 aliphatic rings. The first-order chi connectivity index (χ1) is 18.0. The van der Waals surface area contributed by atoms with Gasteiger partial charge in [0.1, 0.15) is 12.1 Å². The van der Waals surface area contributed by atoms with Crippen LogP contribution in [-0.2, 0) is 19.1 Å². The molecule has 0 rings (SSSR count). The maximum absolute atomic E-state index is 12.6. The van der Waals surface area contributed by atoms with Gasteiger partial charge >= 0.3 is 5.97 Å². The topological polar surface area (TPSA) is 64.6 Å². The quantitative estimate of drug-likeness (QED) is 0.0907. The lowest BCUT2D eigenvalue weighted by Crippen LogP contribution is -2.47. The van der Waals surface area contributed by atoms with Crippen LogP contribution in [-0.4, -0.2) is 37.2 Å². The van der Waals surface area contributed by atoms with Crippen molar-refractivity contribution in [2.45, 2.75) is 111 Å². The molecule has 1 amide bonds. The third kappa shape index (κ3) is 21.4. The van der Waals surface area contributed by atoms with Gasteiger partial charge in [0, 0.05) is 6.61 Å². The molecule has 0 heterocycles. The first-order valence-corrected chi connectivity index (χ1v) is 14.3. The van der Waals surface area contributed by atoms with Gasteiger partial charge in [0.2, 0.25) is 5.91 Å². The summed E-state index contributed by atoms with van der Waals surface area (Å²) >= 11 is 0. The summed E-state index contributed by atoms with van der Waals surface area (Å²) in [6.45, 7) is 10.7. The Morgan fingerprint density at radius 3 is 1.78 bits per heavy atom. The number of ether oxygens (including phenoxy) is 2. The second-order valence-corrected chi connectivity index (χ2v) is 9.41. The Labute approximate surface area is 227 Å². The molecule has 1 N–H and O–H groups in total. The number of hydrogen-bond donors (Lipinski definition) is 1. The number of rotatable bonds is 22. The summed E-state index contributed by atoms with van der Waals surface area (Å²) in [5.41, 5.74) is 0. The largest absolute Gasteiger partial charge is 0.464 e. The van der Waals surface area contributed by atoms with Crippen LogP contribution < -0.4 is 5.32 Å². The Balaban J connectivity index is 4.01. The van der Waals surface area contributed by atoms with Crippen molar-refractivity contribution in [3.8, 4) is 0 Å². The lowest BCUT2D eigenvalue weighted by atomic mass is 10.0. The van der Waals surface area contributed by atoms with Crippen LogP contribution in [0.3, 0.4) is 0 Å². The van der Waals surface area contributed by atoms with E-state index in [0.29, 0.717) is 26.1 Å². The van der Waals surface area contributed by atoms with Crippen molar-refractivity contribution < 1.29 is 19.1 Å². The number of carbonyl (C=O) groups is 2. The van der Waals surface area contributed by atoms with Gasteiger partial charge in [0.05, 0.1) is 6.61 Å². The van der Waals surface area contributed by atoms with Gasteiger partial charge in [-0.2, -0.15) is 0 Å². The number of allylic oxidation sites excluding steroid dienone is 10. The van der Waals surface area contributed by atoms with E-state index in [1.165, 1.54) is 0 Å². The Morgan fingerprint density at radius 1 is 0.757 bits per heavy atom. The highest BCUT2D eigenvalue weighted by molar-refractivity contribution is 5.86. The zero-order valence-electron chi connectivity index (χ0n) is 24.1. The highest BCUT2D eigenvalue weighted by atomic mass is 16.5. The van der Waals surface area contributed by atoms with Crippen molar-refractivity contribution in [1.82, 2.24) is 5.32 Å². The minimum atomic E-state index is -0.625. The van der Waals surface area contributed by atoms with Gasteiger partial charge in [-0.25, -0.2) is 4.79 Å². The molecule has 0 spiro atoms. The average molecular weight is 516 g/mol. The fraction of sp³-hybridized carbons (Fsp3) is 0.625. The predicted molar refractivity (Wildman–Crippen MR) is 156 cm³/mol. The molecule has 0 saturated heterocycles. The molecule has 37 heavy (non-hydrogen) atoms. The van der Waals surface area contributed by atoms with Crippen LogP contribution in [0.2, 0.25) is 0 Å². The lowest BCUT2D eigenvalue weighted by molar-refractivity contribution is -0.149. The molecule has 0 bridgehead atoms. The molecule has 0 aliphatic heterocycles. The summed E-state index contributed by atoms with van der Waals surface area (Å²) in [7, 11) is 0. The molecule has 5 heteroatoms. The normalized spacial score (nSPS) is 14.1. The van der Waals surface area contributed by atoms with E-state index in [-0.39, 0.29) is 17.8 Å². The van der Waals surface area contributed by atoms with E-state index in [4.69, 9.17) is 9.47 Å². The second kappa shape index (κ2) is 25.3. The fourth-order valence-electron chi connectivity index (χ4n) is 3.53. The number of esters is 1. The number of amides is 1. The Morgan fingerprint density at radius 2 is 1.30 bits per heavy atom. The summed E-state index contributed by atoms with van der Waals surface area (Å²) in [5, 5.41) is 2.83. The Kier molecular flexibility index (Phi) is 23.6. The zero-order chi connectivity index (χ0) is 27.6. The van der Waals surface area contributed by atoms with Crippen molar-refractivity contribution in [1.29, 1.82) is 0 Å². The van der Waals surface area contributed by atoms with Gasteiger partial charge in [0.15, 0.2) is 0 Å². The zero-order valence-corrected chi connectivity index (χ0v) is 24.1. The van der Waals surface area contributed by atoms with Crippen molar-refractivity contribution >= 4 is 11.9 Å². The minimum Gasteiger partial charge on any atom is -0.464 e. The van der Waals surface area contributed by atoms with Crippen LogP contribution in [0.4, 0.5) is 0 Å². The summed E-state index contributed by atoms with van der Waals surface area (Å²) in [6, 6.07) is -0.625. The van der Waals surface area contributed by atoms with E-state index in [2.05, 4.69) is 73.0 Å². The maximum atomic E-state index is 12.6. The van der Waals surface area contributed by atoms with Crippen LogP contribution in [0.1, 0.15) is 98.8 Å². The van der Waals surface area contributed by atoms with Gasteiger partial charge in [-0.15, -0.1) is 0 Å². The molecule has 0 aromatic carbocycles. The number of carbonyl (C=O) groups excluding carboxylic acids is 2. The van der Waals surface area contributed by atoms with E-state index in [1.807, 2.05) is 20.8 Å². The first kappa shape index (κ1) is 34.6. The van der Waals surface area contributed by atoms with Crippen LogP contribution in [0, 0.1) is 5.92 Å². The molecule has 0 saturated carbocycles. The Bertz CT molecular complexity index is 718. The molecule has 210 valence electrons. The Hall–Kier alpha value is -2.40. The summed E-state index contributed by atoms with van der Waals surface area (Å²) in [5.74, 6) is -0.345. The van der Waals surface area contributed by atoms with Crippen LogP contribution in [0.5, 0.6) is 0 Å². The molecular formula is C32H53NO4. The summed E-state index contributed by atoms with van der Waals surface area (Å²) < 4.78 is 10.9. The van der Waals surface area contributed by atoms with Gasteiger partial charge in [-0.1, -0.05) is 88.5 Å². The molecule has 5 nitrogen and oxygen atoms in total. The van der Waals surface area contributed by atoms with Crippen molar-refractivity contribution in [2.75, 3.05) is 13.2 Å². The van der Waals surface area contributed by atoms with E-state index in [0.717, 1.165) is 51.4 Å². The monoisotopic (exact) mass is 515 g/mol. The summed E-state index contributed by atoms with van der Waals surface area (Å²) in [4.78, 5) is 24.8. The van der Waals surface area contributed by atoms with Gasteiger partial charge in [0.25, 0.3) is 0 Å². The molecule has 0 aromatic rings. The number of hydrogen-bond acceptors (Lipinski definition) is 4. The molecule has 0 fully saturated rings. The standard InChI is InChI=1S/C32H53NO4/c1-6-9-10-11-12-13-14-15-16-17-18-19-20-21-22-23-24-25-26-37-30(7-2)31(34)33-29(27-28(4)5)32(35)36-8-3/h9-10,12-13,15-16,18-19,21-22,28-30H,6-8,11,14,17,20,23-27H2,1-5H3,(H,33,34)/t29-,30?/m0/s1. The molecule has 1 unspecified atom stereocenters. The third-order valence-electron chi connectivity index (χ3n) is 5.50. The summed E-state index contributed by atoms with van der Waals surface area (Å²) in [6.07, 6.45) is 30.5. The van der Waals surface area contributed by atoms with Crippen molar-refractivity contribution in [3.05, 3.63) is 60.8 Å².